The summed E-state index contributed by atoms with van der Waals surface area (Å²) in [6.07, 6.45) is 7.49. The van der Waals surface area contributed by atoms with Gasteiger partial charge in [-0.25, -0.2) is 0 Å². The van der Waals surface area contributed by atoms with Crippen LogP contribution in [0.1, 0.15) is 59.4 Å². The van der Waals surface area contributed by atoms with Crippen LogP contribution in [-0.2, 0) is 10.2 Å². The van der Waals surface area contributed by atoms with Crippen LogP contribution in [0.5, 0.6) is 0 Å². The van der Waals surface area contributed by atoms with Gasteiger partial charge in [0.15, 0.2) is 11.9 Å². The Morgan fingerprint density at radius 2 is 1.94 bits per heavy atom. The maximum Gasteiger partial charge on any atom is 0.164 e. The summed E-state index contributed by atoms with van der Waals surface area (Å²) < 4.78 is 0. The van der Waals surface area contributed by atoms with Crippen molar-refractivity contribution in [3.63, 3.8) is 0 Å². The lowest BCUT2D eigenvalue weighted by Gasteiger charge is -2.48. The number of hydrogen-bond donors (Lipinski definition) is 1. The number of rotatable bonds is 5. The first-order chi connectivity index (χ1) is 16.3. The Kier molecular flexibility index (Phi) is 5.42. The Morgan fingerprint density at radius 1 is 1.15 bits per heavy atom. The second kappa shape index (κ2) is 8.19. The number of carbonyl (C=O) groups excluding carboxylic acids is 1. The summed E-state index contributed by atoms with van der Waals surface area (Å²) in [7, 11) is 0. The molecule has 2 aromatic rings. The van der Waals surface area contributed by atoms with Crippen molar-refractivity contribution in [3.8, 4) is 0 Å². The summed E-state index contributed by atoms with van der Waals surface area (Å²) in [4.78, 5) is 20.4. The molecule has 1 aromatic carbocycles. The van der Waals surface area contributed by atoms with Crippen LogP contribution in [0.2, 0.25) is 0 Å². The Labute approximate surface area is 201 Å². The van der Waals surface area contributed by atoms with Gasteiger partial charge < -0.3 is 10.2 Å². The SMILES string of the molecule is CC[C@@]1(c2cccc(N(c3cccnc3)C(C)C)c2)C2=CN=NC2NC2=C1C(=O)CC(C)(C)C2. The highest BCUT2D eigenvalue weighted by Crippen LogP contribution is 2.54. The molecule has 1 unspecified atom stereocenters. The zero-order valence-corrected chi connectivity index (χ0v) is 20.7. The number of allylic oxidation sites excluding steroid dienone is 2. The molecule has 1 aromatic heterocycles. The summed E-state index contributed by atoms with van der Waals surface area (Å²) >= 11 is 0. The summed E-state index contributed by atoms with van der Waals surface area (Å²) in [5.74, 6) is 0.227. The normalized spacial score (nSPS) is 25.1. The van der Waals surface area contributed by atoms with Gasteiger partial charge in [-0.1, -0.05) is 32.9 Å². The largest absolute Gasteiger partial charge is 0.362 e. The monoisotopic (exact) mass is 455 g/mol. The van der Waals surface area contributed by atoms with E-state index in [0.29, 0.717) is 6.42 Å². The Balaban J connectivity index is 1.70. The fraction of sp³-hybridized carbons (Fsp3) is 0.429. The molecule has 6 heteroatoms. The van der Waals surface area contributed by atoms with Crippen molar-refractivity contribution < 1.29 is 4.79 Å². The molecule has 0 saturated heterocycles. The van der Waals surface area contributed by atoms with E-state index in [1.807, 2.05) is 18.5 Å². The Hall–Kier alpha value is -3.28. The fourth-order valence-electron chi connectivity index (χ4n) is 6.05. The second-order valence-corrected chi connectivity index (χ2v) is 10.6. The van der Waals surface area contributed by atoms with Gasteiger partial charge in [-0.3, -0.25) is 9.78 Å². The van der Waals surface area contributed by atoms with E-state index in [2.05, 4.69) is 90.4 Å². The van der Waals surface area contributed by atoms with E-state index in [0.717, 1.165) is 46.6 Å². The molecule has 2 aliphatic heterocycles. The molecule has 5 rings (SSSR count). The highest BCUT2D eigenvalue weighted by atomic mass is 16.1. The zero-order chi connectivity index (χ0) is 24.1. The summed E-state index contributed by atoms with van der Waals surface area (Å²) in [5.41, 5.74) is 5.63. The summed E-state index contributed by atoms with van der Waals surface area (Å²) in [6, 6.07) is 12.9. The maximum absolute atomic E-state index is 13.7. The first kappa shape index (κ1) is 22.5. The van der Waals surface area contributed by atoms with Crippen LogP contribution in [0.4, 0.5) is 11.4 Å². The van der Waals surface area contributed by atoms with Crippen LogP contribution in [-0.4, -0.2) is 23.0 Å². The molecule has 0 radical (unpaired) electrons. The first-order valence-electron chi connectivity index (χ1n) is 12.2. The summed E-state index contributed by atoms with van der Waals surface area (Å²) in [5, 5.41) is 12.3. The van der Waals surface area contributed by atoms with Gasteiger partial charge in [-0.05, 0) is 61.9 Å². The molecule has 1 aliphatic carbocycles. The lowest BCUT2D eigenvalue weighted by molar-refractivity contribution is -0.119. The van der Waals surface area contributed by atoms with Crippen LogP contribution in [0, 0.1) is 5.41 Å². The van der Waals surface area contributed by atoms with Gasteiger partial charge in [0.2, 0.25) is 0 Å². The predicted molar refractivity (Wildman–Crippen MR) is 135 cm³/mol. The fourth-order valence-corrected chi connectivity index (χ4v) is 6.05. The molecule has 0 fully saturated rings. The van der Waals surface area contributed by atoms with E-state index in [1.165, 1.54) is 0 Å². The number of hydrogen-bond acceptors (Lipinski definition) is 6. The molecule has 3 heterocycles. The van der Waals surface area contributed by atoms with Gasteiger partial charge >= 0.3 is 0 Å². The molecular weight excluding hydrogens is 422 g/mol. The van der Waals surface area contributed by atoms with E-state index < -0.39 is 5.41 Å². The van der Waals surface area contributed by atoms with Gasteiger partial charge in [0.1, 0.15) is 0 Å². The number of azo groups is 1. The van der Waals surface area contributed by atoms with Crippen LogP contribution in [0.3, 0.4) is 0 Å². The minimum Gasteiger partial charge on any atom is -0.362 e. The molecule has 0 spiro atoms. The topological polar surface area (TPSA) is 70.0 Å². The maximum atomic E-state index is 13.7. The number of pyridine rings is 1. The van der Waals surface area contributed by atoms with E-state index >= 15 is 0 Å². The van der Waals surface area contributed by atoms with Crippen LogP contribution < -0.4 is 10.2 Å². The predicted octanol–water partition coefficient (Wildman–Crippen LogP) is 6.20. The quantitative estimate of drug-likeness (QED) is 0.583. The zero-order valence-electron chi connectivity index (χ0n) is 20.7. The van der Waals surface area contributed by atoms with Gasteiger partial charge in [-0.15, -0.1) is 0 Å². The number of fused-ring (bicyclic) bond motifs is 1. The van der Waals surface area contributed by atoms with Crippen molar-refractivity contribution in [2.45, 2.75) is 71.5 Å². The van der Waals surface area contributed by atoms with E-state index in [9.17, 15) is 4.79 Å². The third-order valence-corrected chi connectivity index (χ3v) is 7.37. The molecule has 0 saturated carbocycles. The Bertz CT molecular complexity index is 1210. The average Bonchev–Trinajstić information content (AvgIpc) is 3.26. The van der Waals surface area contributed by atoms with Crippen LogP contribution in [0.25, 0.3) is 0 Å². The third kappa shape index (κ3) is 3.47. The number of aromatic nitrogens is 1. The number of carbonyl (C=O) groups is 1. The van der Waals surface area contributed by atoms with Crippen LogP contribution in [0.15, 0.2) is 82.1 Å². The number of nitrogens with one attached hydrogen (secondary N) is 1. The van der Waals surface area contributed by atoms with Crippen molar-refractivity contribution in [1.82, 2.24) is 10.3 Å². The molecule has 6 nitrogen and oxygen atoms in total. The number of nitrogens with zero attached hydrogens (tertiary/aromatic N) is 4. The lowest BCUT2D eigenvalue weighted by atomic mass is 9.59. The molecule has 0 bridgehead atoms. The number of Topliss-reactive ketones (excluding diaryl/α,β-unsaturated/α-hetero) is 1. The molecular formula is C28H33N5O. The number of benzene rings is 1. The van der Waals surface area contributed by atoms with Crippen molar-refractivity contribution >= 4 is 17.2 Å². The summed E-state index contributed by atoms with van der Waals surface area (Å²) in [6.45, 7) is 10.9. The minimum absolute atomic E-state index is 0.0735. The standard InChI is InChI=1S/C28H33N5O/c1-6-28(19-9-7-10-20(13-19)33(18(2)3)21-11-8-12-29-16-21)22-17-30-32-26(22)31-23-14-27(4,5)15-24(34)25(23)28/h7-13,16-18,26,31H,6,14-15H2,1-5H3/t26?,28-/m1/s1. The highest BCUT2D eigenvalue weighted by Gasteiger charge is 2.53. The first-order valence-corrected chi connectivity index (χ1v) is 12.2. The van der Waals surface area contributed by atoms with Gasteiger partial charge in [0, 0.05) is 41.2 Å². The smallest absolute Gasteiger partial charge is 0.164 e. The molecule has 2 atom stereocenters. The highest BCUT2D eigenvalue weighted by molar-refractivity contribution is 6.01. The van der Waals surface area contributed by atoms with Gasteiger partial charge in [0.05, 0.1) is 23.5 Å². The van der Waals surface area contributed by atoms with Gasteiger partial charge in [-0.2, -0.15) is 10.2 Å². The molecule has 34 heavy (non-hydrogen) atoms. The number of anilines is 2. The lowest BCUT2D eigenvalue weighted by Crippen LogP contribution is -2.51. The second-order valence-electron chi connectivity index (χ2n) is 10.6. The van der Waals surface area contributed by atoms with Crippen LogP contribution >= 0.6 is 0 Å². The molecule has 176 valence electrons. The average molecular weight is 456 g/mol. The Morgan fingerprint density at radius 3 is 2.65 bits per heavy atom. The van der Waals surface area contributed by atoms with Crippen molar-refractivity contribution in [3.05, 3.63) is 77.4 Å². The van der Waals surface area contributed by atoms with E-state index in [4.69, 9.17) is 0 Å². The minimum atomic E-state index is -0.546. The molecule has 0 amide bonds. The van der Waals surface area contributed by atoms with Crippen molar-refractivity contribution in [2.24, 2.45) is 15.6 Å². The van der Waals surface area contributed by atoms with Gasteiger partial charge in [0.25, 0.3) is 0 Å². The molecule has 3 aliphatic rings. The van der Waals surface area contributed by atoms with E-state index in [1.54, 1.807) is 6.20 Å². The third-order valence-electron chi connectivity index (χ3n) is 7.37. The van der Waals surface area contributed by atoms with Crippen molar-refractivity contribution in [2.75, 3.05) is 4.90 Å². The van der Waals surface area contributed by atoms with E-state index in [-0.39, 0.29) is 23.4 Å². The molecule has 1 N–H and O–H groups in total. The van der Waals surface area contributed by atoms with Crippen molar-refractivity contribution in [1.29, 1.82) is 0 Å². The number of ketones is 1.